The number of carbonyl (C=O) groups excluding carboxylic acids is 1. The van der Waals surface area contributed by atoms with Crippen molar-refractivity contribution in [3.63, 3.8) is 0 Å². The molecular weight excluding hydrogens is 379 g/mol. The number of carbonyl (C=O) groups is 1. The minimum atomic E-state index is -0.134. The van der Waals surface area contributed by atoms with Crippen LogP contribution < -0.4 is 28.5 Å². The molecule has 0 aliphatic rings. The number of aryl methyl sites for hydroxylation is 3. The van der Waals surface area contributed by atoms with Gasteiger partial charge < -0.3 is 28.7 Å². The molecule has 0 spiro atoms. The third-order valence-corrected chi connectivity index (χ3v) is 3.52. The molecule has 122 valence electrons. The molecule has 0 aromatic carbocycles. The fraction of sp³-hybridized carbons (Fsp3) is 0.750. The van der Waals surface area contributed by atoms with Gasteiger partial charge in [0.15, 0.2) is 0 Å². The number of ether oxygens (including phenoxy) is 1. The van der Waals surface area contributed by atoms with Gasteiger partial charge in [-0.1, -0.05) is 26.7 Å². The van der Waals surface area contributed by atoms with Crippen LogP contribution in [0, 0.1) is 0 Å². The summed E-state index contributed by atoms with van der Waals surface area (Å²) in [6, 6.07) is 0. The Hall–Kier alpha value is -0.590. The van der Waals surface area contributed by atoms with E-state index in [4.69, 9.17) is 4.74 Å². The normalized spacial score (nSPS) is 10.2. The van der Waals surface area contributed by atoms with Gasteiger partial charge in [0.1, 0.15) is 11.9 Å². The summed E-state index contributed by atoms with van der Waals surface area (Å²) in [4.78, 5) is 11.3. The molecular formula is C16H29IN2O2. The molecule has 1 aromatic heterocycles. The third kappa shape index (κ3) is 7.83. The second kappa shape index (κ2) is 12.0. The number of imidazole rings is 1. The fourth-order valence-corrected chi connectivity index (χ4v) is 2.38. The quantitative estimate of drug-likeness (QED) is 0.234. The van der Waals surface area contributed by atoms with Gasteiger partial charge in [-0.2, -0.15) is 0 Å². The summed E-state index contributed by atoms with van der Waals surface area (Å²) in [5.41, 5.74) is 1.24. The van der Waals surface area contributed by atoms with Crippen molar-refractivity contribution in [3.05, 3.63) is 18.2 Å². The van der Waals surface area contributed by atoms with Crippen molar-refractivity contribution in [2.75, 3.05) is 7.11 Å². The van der Waals surface area contributed by atoms with Gasteiger partial charge in [0.05, 0.1) is 26.6 Å². The highest BCUT2D eigenvalue weighted by molar-refractivity contribution is 5.69. The zero-order valence-corrected chi connectivity index (χ0v) is 15.8. The van der Waals surface area contributed by atoms with Crippen molar-refractivity contribution in [2.45, 2.75) is 71.9 Å². The zero-order valence-electron chi connectivity index (χ0n) is 13.6. The van der Waals surface area contributed by atoms with Gasteiger partial charge in [-0.15, -0.1) is 0 Å². The molecule has 0 atom stereocenters. The molecule has 0 saturated heterocycles. The number of rotatable bonds is 10. The van der Waals surface area contributed by atoms with Crippen molar-refractivity contribution >= 4 is 5.97 Å². The van der Waals surface area contributed by atoms with Crippen molar-refractivity contribution in [3.8, 4) is 0 Å². The van der Waals surface area contributed by atoms with E-state index in [1.165, 1.54) is 38.5 Å². The molecule has 0 fully saturated rings. The molecule has 0 bridgehead atoms. The smallest absolute Gasteiger partial charge is 0.305 e. The summed E-state index contributed by atoms with van der Waals surface area (Å²) < 4.78 is 9.25. The van der Waals surface area contributed by atoms with Crippen LogP contribution in [0.2, 0.25) is 0 Å². The fourth-order valence-electron chi connectivity index (χ4n) is 2.38. The Balaban J connectivity index is 0.00000400. The summed E-state index contributed by atoms with van der Waals surface area (Å²) >= 11 is 0. The number of hydrogen-bond acceptors (Lipinski definition) is 2. The Morgan fingerprint density at radius 1 is 1.24 bits per heavy atom. The van der Waals surface area contributed by atoms with Gasteiger partial charge in [-0.25, -0.2) is 9.13 Å². The van der Waals surface area contributed by atoms with Crippen LogP contribution in [-0.4, -0.2) is 17.6 Å². The van der Waals surface area contributed by atoms with Crippen LogP contribution in [0.25, 0.3) is 0 Å². The number of unbranched alkanes of at least 4 members (excludes halogenated alkanes) is 3. The second-order valence-corrected chi connectivity index (χ2v) is 5.30. The topological polar surface area (TPSA) is 35.1 Å². The van der Waals surface area contributed by atoms with Crippen LogP contribution >= 0.6 is 0 Å². The lowest BCUT2D eigenvalue weighted by atomic mass is 10.2. The largest absolute Gasteiger partial charge is 1.00 e. The van der Waals surface area contributed by atoms with Crippen LogP contribution in [0.1, 0.15) is 58.1 Å². The maximum absolute atomic E-state index is 11.3. The van der Waals surface area contributed by atoms with Gasteiger partial charge in [-0.05, 0) is 19.3 Å². The third-order valence-electron chi connectivity index (χ3n) is 3.52. The van der Waals surface area contributed by atoms with E-state index in [1.54, 1.807) is 0 Å². The lowest BCUT2D eigenvalue weighted by Gasteiger charge is -2.01. The molecule has 0 aliphatic heterocycles. The maximum Gasteiger partial charge on any atom is 0.305 e. The van der Waals surface area contributed by atoms with Gasteiger partial charge in [0, 0.05) is 6.42 Å². The lowest BCUT2D eigenvalue weighted by Crippen LogP contribution is -3.00. The molecule has 21 heavy (non-hydrogen) atoms. The molecule has 4 nitrogen and oxygen atoms in total. The number of halogens is 1. The van der Waals surface area contributed by atoms with E-state index >= 15 is 0 Å². The number of esters is 1. The molecule has 5 heteroatoms. The van der Waals surface area contributed by atoms with Gasteiger partial charge in [-0.3, -0.25) is 4.79 Å². The van der Waals surface area contributed by atoms with E-state index in [0.29, 0.717) is 6.42 Å². The predicted octanol–water partition coefficient (Wildman–Crippen LogP) is -0.124. The average Bonchev–Trinajstić information content (AvgIpc) is 2.83. The lowest BCUT2D eigenvalue weighted by molar-refractivity contribution is -0.696. The minimum Gasteiger partial charge on any atom is -1.00 e. The highest BCUT2D eigenvalue weighted by atomic mass is 127. The van der Waals surface area contributed by atoms with Crippen LogP contribution in [0.5, 0.6) is 0 Å². The number of aromatic nitrogens is 2. The minimum absolute atomic E-state index is 0. The molecule has 0 amide bonds. The average molecular weight is 408 g/mol. The first-order valence-corrected chi connectivity index (χ1v) is 7.86. The van der Waals surface area contributed by atoms with E-state index in [0.717, 1.165) is 25.9 Å². The SMILES string of the molecule is CCCCCCn1c[n+](CCC)cc1CCC(=O)OC.[I-]. The summed E-state index contributed by atoms with van der Waals surface area (Å²) in [6.45, 7) is 6.49. The summed E-state index contributed by atoms with van der Waals surface area (Å²) in [7, 11) is 1.45. The molecule has 1 heterocycles. The number of nitrogens with zero attached hydrogens (tertiary/aromatic N) is 2. The first kappa shape index (κ1) is 20.4. The molecule has 0 radical (unpaired) electrons. The Kier molecular flexibility index (Phi) is 11.7. The zero-order chi connectivity index (χ0) is 14.8. The van der Waals surface area contributed by atoms with Crippen molar-refractivity contribution in [1.82, 2.24) is 4.57 Å². The molecule has 0 saturated carbocycles. The number of hydrogen-bond donors (Lipinski definition) is 0. The Morgan fingerprint density at radius 3 is 2.62 bits per heavy atom. The highest BCUT2D eigenvalue weighted by Gasteiger charge is 2.14. The molecule has 1 rings (SSSR count). The van der Waals surface area contributed by atoms with Crippen molar-refractivity contribution in [2.24, 2.45) is 0 Å². The second-order valence-electron chi connectivity index (χ2n) is 5.30. The highest BCUT2D eigenvalue weighted by Crippen LogP contribution is 2.07. The van der Waals surface area contributed by atoms with E-state index in [2.05, 4.69) is 35.5 Å². The van der Waals surface area contributed by atoms with E-state index in [1.807, 2.05) is 0 Å². The Bertz CT molecular complexity index is 405. The van der Waals surface area contributed by atoms with Crippen LogP contribution in [0.3, 0.4) is 0 Å². The first-order chi connectivity index (χ1) is 9.71. The van der Waals surface area contributed by atoms with E-state index in [9.17, 15) is 4.79 Å². The van der Waals surface area contributed by atoms with Gasteiger partial charge in [0.25, 0.3) is 0 Å². The molecule has 0 N–H and O–H groups in total. The van der Waals surface area contributed by atoms with E-state index in [-0.39, 0.29) is 29.9 Å². The molecule has 0 aliphatic carbocycles. The summed E-state index contributed by atoms with van der Waals surface area (Å²) in [5, 5.41) is 0. The maximum atomic E-state index is 11.3. The van der Waals surface area contributed by atoms with Crippen LogP contribution in [0.4, 0.5) is 0 Å². The van der Waals surface area contributed by atoms with Gasteiger partial charge in [0.2, 0.25) is 6.33 Å². The Labute approximate surface area is 145 Å². The summed E-state index contributed by atoms with van der Waals surface area (Å²) in [5.74, 6) is -0.134. The van der Waals surface area contributed by atoms with Crippen LogP contribution in [0.15, 0.2) is 12.5 Å². The van der Waals surface area contributed by atoms with E-state index < -0.39 is 0 Å². The van der Waals surface area contributed by atoms with Gasteiger partial charge >= 0.3 is 5.97 Å². The van der Waals surface area contributed by atoms with Crippen molar-refractivity contribution < 1.29 is 38.1 Å². The number of methoxy groups -OCH3 is 1. The summed E-state index contributed by atoms with van der Waals surface area (Å²) in [6.07, 6.45) is 11.7. The van der Waals surface area contributed by atoms with Crippen LogP contribution in [-0.2, 0) is 29.0 Å². The molecule has 0 unspecified atom stereocenters. The standard InChI is InChI=1S/C16H29N2O2.HI/c1-4-6-7-8-12-18-14-17(11-5-2)13-15(18)9-10-16(19)20-3;/h13-14H,4-12H2,1-3H3;1H/q+1;/p-1. The monoisotopic (exact) mass is 408 g/mol. The van der Waals surface area contributed by atoms with Crippen molar-refractivity contribution in [1.29, 1.82) is 0 Å². The Morgan fingerprint density at radius 2 is 2.00 bits per heavy atom. The first-order valence-electron chi connectivity index (χ1n) is 7.86. The predicted molar refractivity (Wildman–Crippen MR) is 79.4 cm³/mol. The molecule has 1 aromatic rings.